The van der Waals surface area contributed by atoms with Crippen LogP contribution in [0.5, 0.6) is 0 Å². The Kier molecular flexibility index (Phi) is 5.54. The van der Waals surface area contributed by atoms with Gasteiger partial charge in [-0.2, -0.15) is 0 Å². The molecule has 2 aromatic carbocycles. The minimum atomic E-state index is 0.238. The number of likely N-dealkylation sites (N-methyl/N-ethyl adjacent to an activating group) is 1. The first-order chi connectivity index (χ1) is 10.1. The fraction of sp³-hybridized carbons (Fsp3) is 0.368. The molecule has 2 nitrogen and oxygen atoms in total. The van der Waals surface area contributed by atoms with Crippen LogP contribution < -0.4 is 5.32 Å². The second kappa shape index (κ2) is 7.39. The van der Waals surface area contributed by atoms with E-state index in [9.17, 15) is 0 Å². The van der Waals surface area contributed by atoms with Crippen LogP contribution in [0.25, 0.3) is 0 Å². The molecule has 0 aliphatic carbocycles. The first-order valence-electron chi connectivity index (χ1n) is 7.59. The van der Waals surface area contributed by atoms with E-state index in [1.165, 1.54) is 16.7 Å². The molecule has 112 valence electrons. The minimum absolute atomic E-state index is 0.238. The molecule has 2 atom stereocenters. The van der Waals surface area contributed by atoms with Gasteiger partial charge < -0.3 is 10.2 Å². The summed E-state index contributed by atoms with van der Waals surface area (Å²) in [6.45, 7) is 5.45. The first-order valence-corrected chi connectivity index (χ1v) is 7.59. The Labute approximate surface area is 128 Å². The van der Waals surface area contributed by atoms with Crippen LogP contribution in [0.3, 0.4) is 0 Å². The number of hydrogen-bond acceptors (Lipinski definition) is 2. The zero-order chi connectivity index (χ0) is 15.2. The van der Waals surface area contributed by atoms with E-state index in [2.05, 4.69) is 92.8 Å². The SMILES string of the molecule is Cc1ccccc1C(NC(C)CN(C)C)c1ccccc1. The molecule has 21 heavy (non-hydrogen) atoms. The summed E-state index contributed by atoms with van der Waals surface area (Å²) >= 11 is 0. The first kappa shape index (κ1) is 15.7. The van der Waals surface area contributed by atoms with Gasteiger partial charge in [-0.15, -0.1) is 0 Å². The van der Waals surface area contributed by atoms with Gasteiger partial charge in [-0.25, -0.2) is 0 Å². The zero-order valence-corrected chi connectivity index (χ0v) is 13.5. The Morgan fingerprint density at radius 2 is 1.57 bits per heavy atom. The van der Waals surface area contributed by atoms with E-state index in [-0.39, 0.29) is 6.04 Å². The molecule has 0 radical (unpaired) electrons. The molecule has 2 rings (SSSR count). The fourth-order valence-corrected chi connectivity index (χ4v) is 2.81. The van der Waals surface area contributed by atoms with Crippen LogP contribution in [0.2, 0.25) is 0 Å². The maximum Gasteiger partial charge on any atom is 0.0581 e. The van der Waals surface area contributed by atoms with Crippen molar-refractivity contribution >= 4 is 0 Å². The lowest BCUT2D eigenvalue weighted by atomic mass is 9.94. The highest BCUT2D eigenvalue weighted by Crippen LogP contribution is 2.25. The van der Waals surface area contributed by atoms with Crippen LogP contribution in [0.1, 0.15) is 29.7 Å². The van der Waals surface area contributed by atoms with Crippen LogP contribution in [0, 0.1) is 6.92 Å². The quantitative estimate of drug-likeness (QED) is 0.870. The van der Waals surface area contributed by atoms with Crippen molar-refractivity contribution in [2.45, 2.75) is 25.9 Å². The van der Waals surface area contributed by atoms with Gasteiger partial charge in [0.1, 0.15) is 0 Å². The summed E-state index contributed by atoms with van der Waals surface area (Å²) in [6, 6.07) is 20.0. The van der Waals surface area contributed by atoms with E-state index in [1.54, 1.807) is 0 Å². The highest BCUT2D eigenvalue weighted by atomic mass is 15.1. The second-order valence-corrected chi connectivity index (χ2v) is 6.03. The molecule has 2 heteroatoms. The number of benzene rings is 2. The van der Waals surface area contributed by atoms with Crippen molar-refractivity contribution < 1.29 is 0 Å². The standard InChI is InChI=1S/C19H26N2/c1-15-10-8-9-13-18(15)19(17-11-6-5-7-12-17)20-16(2)14-21(3)4/h5-13,16,19-20H,14H2,1-4H3. The zero-order valence-electron chi connectivity index (χ0n) is 13.5. The average molecular weight is 282 g/mol. The van der Waals surface area contributed by atoms with E-state index < -0.39 is 0 Å². The molecule has 2 unspecified atom stereocenters. The molecule has 0 fully saturated rings. The summed E-state index contributed by atoms with van der Waals surface area (Å²) in [5.41, 5.74) is 4.00. The third-order valence-corrected chi connectivity index (χ3v) is 3.72. The third kappa shape index (κ3) is 4.42. The molecule has 0 spiro atoms. The summed E-state index contributed by atoms with van der Waals surface area (Å²) in [6.07, 6.45) is 0. The van der Waals surface area contributed by atoms with E-state index in [1.807, 2.05) is 0 Å². The molecule has 0 heterocycles. The number of rotatable bonds is 6. The number of hydrogen-bond donors (Lipinski definition) is 1. The van der Waals surface area contributed by atoms with E-state index >= 15 is 0 Å². The van der Waals surface area contributed by atoms with Crippen molar-refractivity contribution in [1.82, 2.24) is 10.2 Å². The van der Waals surface area contributed by atoms with Gasteiger partial charge in [-0.1, -0.05) is 54.6 Å². The van der Waals surface area contributed by atoms with E-state index in [0.29, 0.717) is 6.04 Å². The summed E-state index contributed by atoms with van der Waals surface area (Å²) in [4.78, 5) is 2.22. The lowest BCUT2D eigenvalue weighted by Crippen LogP contribution is -2.38. The van der Waals surface area contributed by atoms with Gasteiger partial charge in [0.2, 0.25) is 0 Å². The molecule has 0 saturated heterocycles. The topological polar surface area (TPSA) is 15.3 Å². The van der Waals surface area contributed by atoms with Crippen molar-refractivity contribution in [3.63, 3.8) is 0 Å². The van der Waals surface area contributed by atoms with Gasteiger partial charge in [0.25, 0.3) is 0 Å². The van der Waals surface area contributed by atoms with Crippen molar-refractivity contribution in [3.05, 3.63) is 71.3 Å². The highest BCUT2D eigenvalue weighted by molar-refractivity contribution is 5.36. The molecule has 0 saturated carbocycles. The van der Waals surface area contributed by atoms with Crippen LogP contribution in [0.4, 0.5) is 0 Å². The van der Waals surface area contributed by atoms with Crippen LogP contribution in [-0.2, 0) is 0 Å². The normalized spacial score (nSPS) is 14.1. The molecule has 0 aromatic heterocycles. The monoisotopic (exact) mass is 282 g/mol. The van der Waals surface area contributed by atoms with Gasteiger partial charge in [-0.3, -0.25) is 0 Å². The summed E-state index contributed by atoms with van der Waals surface area (Å²) in [5.74, 6) is 0. The van der Waals surface area contributed by atoms with Gasteiger partial charge in [0.15, 0.2) is 0 Å². The highest BCUT2D eigenvalue weighted by Gasteiger charge is 2.18. The van der Waals surface area contributed by atoms with Crippen LogP contribution in [0.15, 0.2) is 54.6 Å². The largest absolute Gasteiger partial charge is 0.308 e. The van der Waals surface area contributed by atoms with Crippen LogP contribution in [-0.4, -0.2) is 31.6 Å². The van der Waals surface area contributed by atoms with Crippen molar-refractivity contribution in [3.8, 4) is 0 Å². The lowest BCUT2D eigenvalue weighted by molar-refractivity contribution is 0.339. The summed E-state index contributed by atoms with van der Waals surface area (Å²) < 4.78 is 0. The Bertz CT molecular complexity index is 549. The smallest absolute Gasteiger partial charge is 0.0581 e. The van der Waals surface area contributed by atoms with Crippen molar-refractivity contribution in [2.75, 3.05) is 20.6 Å². The van der Waals surface area contributed by atoms with E-state index in [4.69, 9.17) is 0 Å². The Morgan fingerprint density at radius 3 is 2.19 bits per heavy atom. The Morgan fingerprint density at radius 1 is 0.952 bits per heavy atom. The maximum absolute atomic E-state index is 3.78. The average Bonchev–Trinajstić information content (AvgIpc) is 2.46. The number of aryl methyl sites for hydroxylation is 1. The summed E-state index contributed by atoms with van der Waals surface area (Å²) in [7, 11) is 4.23. The molecule has 0 aliphatic heterocycles. The van der Waals surface area contributed by atoms with Crippen molar-refractivity contribution in [2.24, 2.45) is 0 Å². The second-order valence-electron chi connectivity index (χ2n) is 6.03. The van der Waals surface area contributed by atoms with Crippen molar-refractivity contribution in [1.29, 1.82) is 0 Å². The van der Waals surface area contributed by atoms with E-state index in [0.717, 1.165) is 6.54 Å². The molecule has 0 bridgehead atoms. The molecule has 0 amide bonds. The Hall–Kier alpha value is -1.64. The predicted molar refractivity (Wildman–Crippen MR) is 90.6 cm³/mol. The fourth-order valence-electron chi connectivity index (χ4n) is 2.81. The maximum atomic E-state index is 3.78. The molecule has 0 aliphatic rings. The van der Waals surface area contributed by atoms with Gasteiger partial charge >= 0.3 is 0 Å². The number of nitrogens with one attached hydrogen (secondary N) is 1. The van der Waals surface area contributed by atoms with Gasteiger partial charge in [0.05, 0.1) is 6.04 Å². The lowest BCUT2D eigenvalue weighted by Gasteiger charge is -2.27. The Balaban J connectivity index is 2.30. The summed E-state index contributed by atoms with van der Waals surface area (Å²) in [5, 5.41) is 3.78. The van der Waals surface area contributed by atoms with Gasteiger partial charge in [0, 0.05) is 12.6 Å². The molecular formula is C19H26N2. The van der Waals surface area contributed by atoms with Crippen LogP contribution >= 0.6 is 0 Å². The molecule has 2 aromatic rings. The predicted octanol–water partition coefficient (Wildman–Crippen LogP) is 3.62. The minimum Gasteiger partial charge on any atom is -0.308 e. The molecule has 1 N–H and O–H groups in total. The third-order valence-electron chi connectivity index (χ3n) is 3.72. The van der Waals surface area contributed by atoms with Gasteiger partial charge in [-0.05, 0) is 44.6 Å². The number of nitrogens with zero attached hydrogens (tertiary/aromatic N) is 1. The molecular weight excluding hydrogens is 256 g/mol.